The highest BCUT2D eigenvalue weighted by molar-refractivity contribution is 5.32. The van der Waals surface area contributed by atoms with Crippen molar-refractivity contribution in [1.82, 2.24) is 4.90 Å². The Morgan fingerprint density at radius 3 is 2.14 bits per heavy atom. The van der Waals surface area contributed by atoms with Gasteiger partial charge < -0.3 is 14.2 Å². The maximum Gasteiger partial charge on any atom is 0.211 e. The molecule has 1 aromatic carbocycles. The number of methoxy groups -OCH3 is 3. The van der Waals surface area contributed by atoms with Crippen molar-refractivity contribution in [1.29, 1.82) is 0 Å². The Hall–Kier alpha value is -1.10. The molecule has 4 nitrogen and oxygen atoms in total. The molecule has 2 fully saturated rings. The Labute approximate surface area is 133 Å². The fourth-order valence-corrected chi connectivity index (χ4v) is 3.91. The lowest BCUT2D eigenvalue weighted by molar-refractivity contribution is -0.222. The molecule has 2 atom stereocenters. The first-order valence-electron chi connectivity index (χ1n) is 8.25. The minimum atomic E-state index is -0.677. The summed E-state index contributed by atoms with van der Waals surface area (Å²) in [4.78, 5) is 2.55. The molecule has 1 saturated carbocycles. The zero-order valence-electron chi connectivity index (χ0n) is 13.9. The van der Waals surface area contributed by atoms with Crippen molar-refractivity contribution in [3.8, 4) is 5.75 Å². The highest BCUT2D eigenvalue weighted by Crippen LogP contribution is 2.44. The molecule has 2 aliphatic rings. The summed E-state index contributed by atoms with van der Waals surface area (Å²) in [7, 11) is 5.16. The van der Waals surface area contributed by atoms with Crippen LogP contribution in [0.15, 0.2) is 24.3 Å². The minimum absolute atomic E-state index is 0.305. The van der Waals surface area contributed by atoms with Crippen LogP contribution in [-0.4, -0.2) is 44.9 Å². The molecule has 0 amide bonds. The normalized spacial score (nSPS) is 26.0. The van der Waals surface area contributed by atoms with Crippen molar-refractivity contribution in [2.24, 2.45) is 0 Å². The van der Waals surface area contributed by atoms with Crippen LogP contribution in [0.2, 0.25) is 0 Å². The van der Waals surface area contributed by atoms with E-state index in [1.165, 1.54) is 32.1 Å². The van der Waals surface area contributed by atoms with Crippen LogP contribution in [0.4, 0.5) is 0 Å². The lowest BCUT2D eigenvalue weighted by Crippen LogP contribution is -2.40. The molecule has 1 aliphatic heterocycles. The monoisotopic (exact) mass is 305 g/mol. The predicted molar refractivity (Wildman–Crippen MR) is 86.1 cm³/mol. The van der Waals surface area contributed by atoms with Crippen LogP contribution in [0.1, 0.15) is 37.7 Å². The van der Waals surface area contributed by atoms with Gasteiger partial charge in [-0.3, -0.25) is 4.90 Å². The standard InChI is InChI=1S/C18H27NO3/c1-20-16-11-9-14(10-12-16)18(21-2,22-3)17-13-19(17)15-7-5-4-6-8-15/h9-12,15,17H,4-8,13H2,1-3H3. The molecule has 122 valence electrons. The second-order valence-electron chi connectivity index (χ2n) is 6.31. The molecule has 1 aromatic rings. The lowest BCUT2D eigenvalue weighted by atomic mass is 9.95. The second kappa shape index (κ2) is 6.57. The summed E-state index contributed by atoms with van der Waals surface area (Å²) in [6.45, 7) is 1.05. The summed E-state index contributed by atoms with van der Waals surface area (Å²) >= 11 is 0. The Morgan fingerprint density at radius 2 is 1.59 bits per heavy atom. The minimum Gasteiger partial charge on any atom is -0.497 e. The van der Waals surface area contributed by atoms with Crippen molar-refractivity contribution in [2.75, 3.05) is 27.9 Å². The number of hydrogen-bond donors (Lipinski definition) is 0. The van der Waals surface area contributed by atoms with Crippen molar-refractivity contribution < 1.29 is 14.2 Å². The van der Waals surface area contributed by atoms with Gasteiger partial charge >= 0.3 is 0 Å². The third-order valence-corrected chi connectivity index (χ3v) is 5.23. The van der Waals surface area contributed by atoms with E-state index in [1.807, 2.05) is 24.3 Å². The summed E-state index contributed by atoms with van der Waals surface area (Å²) in [5.74, 6) is 0.175. The first-order valence-corrected chi connectivity index (χ1v) is 8.25. The van der Waals surface area contributed by atoms with E-state index in [0.717, 1.165) is 17.9 Å². The van der Waals surface area contributed by atoms with Crippen molar-refractivity contribution >= 4 is 0 Å². The fraction of sp³-hybridized carbons (Fsp3) is 0.667. The van der Waals surface area contributed by atoms with E-state index < -0.39 is 5.79 Å². The lowest BCUT2D eigenvalue weighted by Gasteiger charge is -2.33. The van der Waals surface area contributed by atoms with E-state index in [9.17, 15) is 0 Å². The Kier molecular flexibility index (Phi) is 4.71. The van der Waals surface area contributed by atoms with Crippen LogP contribution in [0, 0.1) is 0 Å². The molecule has 0 radical (unpaired) electrons. The van der Waals surface area contributed by atoms with E-state index in [0.29, 0.717) is 12.1 Å². The second-order valence-corrected chi connectivity index (χ2v) is 6.31. The molecule has 22 heavy (non-hydrogen) atoms. The van der Waals surface area contributed by atoms with E-state index in [1.54, 1.807) is 21.3 Å². The Bertz CT molecular complexity index is 478. The predicted octanol–water partition coefficient (Wildman–Crippen LogP) is 3.16. The van der Waals surface area contributed by atoms with Crippen LogP contribution in [0.3, 0.4) is 0 Å². The Morgan fingerprint density at radius 1 is 0.955 bits per heavy atom. The van der Waals surface area contributed by atoms with E-state index >= 15 is 0 Å². The van der Waals surface area contributed by atoms with Gasteiger partial charge in [0.2, 0.25) is 5.79 Å². The number of benzene rings is 1. The summed E-state index contributed by atoms with van der Waals surface area (Å²) in [5, 5.41) is 0. The molecule has 0 aromatic heterocycles. The van der Waals surface area contributed by atoms with Crippen molar-refractivity contribution in [3.05, 3.63) is 29.8 Å². The number of ether oxygens (including phenoxy) is 3. The van der Waals surface area contributed by atoms with Gasteiger partial charge in [0.25, 0.3) is 0 Å². The molecule has 2 unspecified atom stereocenters. The molecule has 0 bridgehead atoms. The topological polar surface area (TPSA) is 30.7 Å². The molecule has 0 spiro atoms. The van der Waals surface area contributed by atoms with Crippen LogP contribution in [-0.2, 0) is 15.3 Å². The van der Waals surface area contributed by atoms with Gasteiger partial charge in [-0.1, -0.05) is 19.3 Å². The number of nitrogens with zero attached hydrogens (tertiary/aromatic N) is 1. The first-order chi connectivity index (χ1) is 10.7. The number of hydrogen-bond acceptors (Lipinski definition) is 4. The van der Waals surface area contributed by atoms with Crippen molar-refractivity contribution in [3.63, 3.8) is 0 Å². The molecule has 0 N–H and O–H groups in total. The highest BCUT2D eigenvalue weighted by Gasteiger charge is 2.55. The van der Waals surface area contributed by atoms with Gasteiger partial charge in [-0.2, -0.15) is 0 Å². The maximum absolute atomic E-state index is 5.89. The van der Waals surface area contributed by atoms with Gasteiger partial charge in [-0.15, -0.1) is 0 Å². The molecular weight excluding hydrogens is 278 g/mol. The largest absolute Gasteiger partial charge is 0.497 e. The van der Waals surface area contributed by atoms with Crippen molar-refractivity contribution in [2.45, 2.75) is 50.0 Å². The molecule has 1 heterocycles. The average Bonchev–Trinajstić information content (AvgIpc) is 3.39. The zero-order valence-corrected chi connectivity index (χ0v) is 13.9. The smallest absolute Gasteiger partial charge is 0.211 e. The summed E-state index contributed by atoms with van der Waals surface area (Å²) in [5.41, 5.74) is 1.06. The van der Waals surface area contributed by atoms with Crippen LogP contribution in [0.5, 0.6) is 5.75 Å². The molecule has 3 rings (SSSR count). The molecule has 1 aliphatic carbocycles. The quantitative estimate of drug-likeness (QED) is 0.597. The highest BCUT2D eigenvalue weighted by atomic mass is 16.7. The third-order valence-electron chi connectivity index (χ3n) is 5.23. The van der Waals surface area contributed by atoms with Gasteiger partial charge in [0.1, 0.15) is 5.75 Å². The first kappa shape index (κ1) is 15.8. The SMILES string of the molecule is COc1ccc(C(OC)(OC)C2CN2C2CCCCC2)cc1. The zero-order chi connectivity index (χ0) is 15.6. The van der Waals surface area contributed by atoms with E-state index in [2.05, 4.69) is 4.90 Å². The van der Waals surface area contributed by atoms with Crippen LogP contribution >= 0.6 is 0 Å². The fourth-order valence-electron chi connectivity index (χ4n) is 3.91. The van der Waals surface area contributed by atoms with Gasteiger partial charge in [-0.25, -0.2) is 0 Å². The van der Waals surface area contributed by atoms with E-state index in [4.69, 9.17) is 14.2 Å². The molecular formula is C18H27NO3. The van der Waals surface area contributed by atoms with Gasteiger partial charge in [-0.05, 0) is 37.1 Å². The molecule has 1 saturated heterocycles. The summed E-state index contributed by atoms with van der Waals surface area (Å²) in [6.07, 6.45) is 6.70. The summed E-state index contributed by atoms with van der Waals surface area (Å²) < 4.78 is 17.0. The summed E-state index contributed by atoms with van der Waals surface area (Å²) in [6, 6.07) is 9.03. The average molecular weight is 305 g/mol. The Balaban J connectivity index is 1.79. The molecule has 4 heteroatoms. The third kappa shape index (κ3) is 2.75. The van der Waals surface area contributed by atoms with Gasteiger partial charge in [0.05, 0.1) is 13.2 Å². The van der Waals surface area contributed by atoms with Gasteiger partial charge in [0.15, 0.2) is 0 Å². The van der Waals surface area contributed by atoms with E-state index in [-0.39, 0.29) is 0 Å². The van der Waals surface area contributed by atoms with Gasteiger partial charge in [0, 0.05) is 32.4 Å². The van der Waals surface area contributed by atoms with Crippen LogP contribution < -0.4 is 4.74 Å². The van der Waals surface area contributed by atoms with Crippen LogP contribution in [0.25, 0.3) is 0 Å². The maximum atomic E-state index is 5.89. The number of rotatable bonds is 6.